The van der Waals surface area contributed by atoms with Gasteiger partial charge in [-0.1, -0.05) is 35.9 Å². The van der Waals surface area contributed by atoms with E-state index in [2.05, 4.69) is 31.2 Å². The van der Waals surface area contributed by atoms with Gasteiger partial charge in [0.05, 0.1) is 6.61 Å². The van der Waals surface area contributed by atoms with Crippen LogP contribution in [-0.4, -0.2) is 12.4 Å². The lowest BCUT2D eigenvalue weighted by atomic mass is 10.1. The van der Waals surface area contributed by atoms with Gasteiger partial charge in [-0.25, -0.2) is 0 Å². The zero-order chi connectivity index (χ0) is 14.4. The van der Waals surface area contributed by atoms with Crippen molar-refractivity contribution in [3.05, 3.63) is 59.7 Å². The normalized spacial score (nSPS) is 12.2. The Bertz CT molecular complexity index is 539. The van der Waals surface area contributed by atoms with Crippen molar-refractivity contribution in [1.82, 2.24) is 0 Å². The number of hydrogen-bond acceptors (Lipinski definition) is 3. The lowest BCUT2D eigenvalue weighted by molar-refractivity contribution is 0.335. The van der Waals surface area contributed by atoms with E-state index in [1.807, 2.05) is 31.2 Å². The Labute approximate surface area is 125 Å². The van der Waals surface area contributed by atoms with Gasteiger partial charge in [0.25, 0.3) is 0 Å². The van der Waals surface area contributed by atoms with Gasteiger partial charge in [-0.05, 0) is 32.0 Å². The Morgan fingerprint density at radius 3 is 2.50 bits per heavy atom. The summed E-state index contributed by atoms with van der Waals surface area (Å²) in [5.74, 6) is 1.74. The van der Waals surface area contributed by atoms with E-state index in [4.69, 9.17) is 10.5 Å². The molecular formula is C17H21NOS. The van der Waals surface area contributed by atoms with Crippen LogP contribution in [0.2, 0.25) is 0 Å². The summed E-state index contributed by atoms with van der Waals surface area (Å²) in [4.78, 5) is 1.25. The van der Waals surface area contributed by atoms with Crippen molar-refractivity contribution in [2.45, 2.75) is 24.8 Å². The van der Waals surface area contributed by atoms with Crippen LogP contribution in [-0.2, 0) is 0 Å². The maximum absolute atomic E-state index is 6.30. The molecule has 0 saturated carbocycles. The van der Waals surface area contributed by atoms with Crippen molar-refractivity contribution < 1.29 is 4.74 Å². The van der Waals surface area contributed by atoms with E-state index in [1.165, 1.54) is 10.5 Å². The van der Waals surface area contributed by atoms with E-state index in [0.29, 0.717) is 6.61 Å². The first-order valence-corrected chi connectivity index (χ1v) is 7.86. The second kappa shape index (κ2) is 7.36. The van der Waals surface area contributed by atoms with Gasteiger partial charge in [0, 0.05) is 22.3 Å². The monoisotopic (exact) mass is 287 g/mol. The number of ether oxygens (including phenoxy) is 1. The van der Waals surface area contributed by atoms with E-state index in [9.17, 15) is 0 Å². The highest BCUT2D eigenvalue weighted by Gasteiger charge is 2.12. The number of nitrogens with two attached hydrogens (primary N) is 1. The van der Waals surface area contributed by atoms with Crippen LogP contribution >= 0.6 is 11.8 Å². The fraction of sp³-hybridized carbons (Fsp3) is 0.294. The van der Waals surface area contributed by atoms with Gasteiger partial charge in [0.2, 0.25) is 0 Å². The zero-order valence-corrected chi connectivity index (χ0v) is 12.8. The molecule has 0 aliphatic heterocycles. The highest BCUT2D eigenvalue weighted by molar-refractivity contribution is 7.99. The molecule has 0 radical (unpaired) electrons. The van der Waals surface area contributed by atoms with Gasteiger partial charge < -0.3 is 10.5 Å². The molecule has 0 saturated heterocycles. The van der Waals surface area contributed by atoms with Crippen LogP contribution in [0.1, 0.15) is 24.1 Å². The van der Waals surface area contributed by atoms with Crippen LogP contribution in [0, 0.1) is 6.92 Å². The molecule has 1 atom stereocenters. The second-order valence-corrected chi connectivity index (χ2v) is 5.79. The van der Waals surface area contributed by atoms with Crippen molar-refractivity contribution in [3.63, 3.8) is 0 Å². The fourth-order valence-corrected chi connectivity index (χ4v) is 2.86. The van der Waals surface area contributed by atoms with Gasteiger partial charge in [-0.3, -0.25) is 0 Å². The summed E-state index contributed by atoms with van der Waals surface area (Å²) in [6, 6.07) is 16.5. The summed E-state index contributed by atoms with van der Waals surface area (Å²) in [7, 11) is 0. The third kappa shape index (κ3) is 4.02. The minimum absolute atomic E-state index is 0.0240. The summed E-state index contributed by atoms with van der Waals surface area (Å²) in [6.07, 6.45) is 0. The highest BCUT2D eigenvalue weighted by atomic mass is 32.2. The van der Waals surface area contributed by atoms with Crippen molar-refractivity contribution in [1.29, 1.82) is 0 Å². The first kappa shape index (κ1) is 14.9. The smallest absolute Gasteiger partial charge is 0.124 e. The zero-order valence-electron chi connectivity index (χ0n) is 12.0. The maximum atomic E-state index is 6.30. The predicted octanol–water partition coefficient (Wildman–Crippen LogP) is 4.19. The van der Waals surface area contributed by atoms with E-state index in [0.717, 1.165) is 17.1 Å². The summed E-state index contributed by atoms with van der Waals surface area (Å²) in [5, 5.41) is 0. The fourth-order valence-electron chi connectivity index (χ4n) is 1.98. The molecule has 1 unspecified atom stereocenters. The second-order valence-electron chi connectivity index (χ2n) is 4.70. The third-order valence-corrected chi connectivity index (χ3v) is 4.20. The van der Waals surface area contributed by atoms with Gasteiger partial charge in [-0.2, -0.15) is 0 Å². The minimum Gasteiger partial charge on any atom is -0.494 e. The Hall–Kier alpha value is -1.45. The number of thioether (sulfide) groups is 1. The molecule has 0 fully saturated rings. The molecule has 2 nitrogen and oxygen atoms in total. The first-order chi connectivity index (χ1) is 9.70. The molecule has 0 bridgehead atoms. The van der Waals surface area contributed by atoms with Crippen LogP contribution < -0.4 is 10.5 Å². The van der Waals surface area contributed by atoms with Gasteiger partial charge in [0.1, 0.15) is 5.75 Å². The topological polar surface area (TPSA) is 35.2 Å². The number of rotatable bonds is 6. The molecule has 0 spiro atoms. The molecule has 2 aromatic carbocycles. The quantitative estimate of drug-likeness (QED) is 0.809. The Balaban J connectivity index is 2.01. The van der Waals surface area contributed by atoms with Crippen molar-refractivity contribution in [2.24, 2.45) is 5.73 Å². The summed E-state index contributed by atoms with van der Waals surface area (Å²) >= 11 is 1.78. The number of para-hydroxylation sites is 1. The maximum Gasteiger partial charge on any atom is 0.124 e. The highest BCUT2D eigenvalue weighted by Crippen LogP contribution is 2.28. The molecule has 2 aromatic rings. The Morgan fingerprint density at radius 1 is 1.10 bits per heavy atom. The summed E-state index contributed by atoms with van der Waals surface area (Å²) in [5.41, 5.74) is 8.66. The summed E-state index contributed by atoms with van der Waals surface area (Å²) in [6.45, 7) is 4.75. The third-order valence-electron chi connectivity index (χ3n) is 3.07. The molecule has 20 heavy (non-hydrogen) atoms. The molecule has 3 heteroatoms. The number of benzene rings is 2. The molecule has 0 heterocycles. The SMILES string of the molecule is CCOc1ccccc1C(N)CSc1ccc(C)cc1. The largest absolute Gasteiger partial charge is 0.494 e. The number of aryl methyl sites for hydroxylation is 1. The molecule has 0 amide bonds. The standard InChI is InChI=1S/C17H21NOS/c1-3-19-17-7-5-4-6-15(17)16(18)12-20-14-10-8-13(2)9-11-14/h4-11,16H,3,12,18H2,1-2H3. The van der Waals surface area contributed by atoms with Gasteiger partial charge in [0.15, 0.2) is 0 Å². The van der Waals surface area contributed by atoms with Crippen molar-refractivity contribution >= 4 is 11.8 Å². The van der Waals surface area contributed by atoms with E-state index in [1.54, 1.807) is 11.8 Å². The predicted molar refractivity (Wildman–Crippen MR) is 86.4 cm³/mol. The average Bonchev–Trinajstić information content (AvgIpc) is 2.47. The number of hydrogen-bond donors (Lipinski definition) is 1. The molecule has 2 N–H and O–H groups in total. The summed E-state index contributed by atoms with van der Waals surface area (Å²) < 4.78 is 5.64. The minimum atomic E-state index is -0.0240. The first-order valence-electron chi connectivity index (χ1n) is 6.87. The Morgan fingerprint density at radius 2 is 1.80 bits per heavy atom. The van der Waals surface area contributed by atoms with Crippen molar-refractivity contribution in [2.75, 3.05) is 12.4 Å². The lowest BCUT2D eigenvalue weighted by Gasteiger charge is -2.16. The molecule has 2 rings (SSSR count). The molecular weight excluding hydrogens is 266 g/mol. The lowest BCUT2D eigenvalue weighted by Crippen LogP contribution is -2.14. The molecule has 0 aliphatic carbocycles. The molecule has 0 aliphatic rings. The van der Waals surface area contributed by atoms with E-state index < -0.39 is 0 Å². The van der Waals surface area contributed by atoms with Gasteiger partial charge >= 0.3 is 0 Å². The van der Waals surface area contributed by atoms with Crippen molar-refractivity contribution in [3.8, 4) is 5.75 Å². The van der Waals surface area contributed by atoms with Crippen LogP contribution in [0.5, 0.6) is 5.75 Å². The van der Waals surface area contributed by atoms with Gasteiger partial charge in [-0.15, -0.1) is 11.8 Å². The van der Waals surface area contributed by atoms with Crippen LogP contribution in [0.15, 0.2) is 53.4 Å². The van der Waals surface area contributed by atoms with Crippen LogP contribution in [0.4, 0.5) is 0 Å². The van der Waals surface area contributed by atoms with Crippen LogP contribution in [0.3, 0.4) is 0 Å². The van der Waals surface area contributed by atoms with Crippen LogP contribution in [0.25, 0.3) is 0 Å². The molecule has 0 aromatic heterocycles. The van der Waals surface area contributed by atoms with E-state index in [-0.39, 0.29) is 6.04 Å². The molecule has 106 valence electrons. The van der Waals surface area contributed by atoms with E-state index >= 15 is 0 Å². The Kier molecular flexibility index (Phi) is 5.50. The average molecular weight is 287 g/mol.